The molecule has 0 aromatic heterocycles. The van der Waals surface area contributed by atoms with E-state index in [1.807, 2.05) is 0 Å². The molecule has 0 amide bonds. The van der Waals surface area contributed by atoms with Crippen LogP contribution >= 0.6 is 15.9 Å². The van der Waals surface area contributed by atoms with Crippen LogP contribution in [0.1, 0.15) is 19.4 Å². The highest BCUT2D eigenvalue weighted by atomic mass is 79.9. The second kappa shape index (κ2) is 5.30. The predicted molar refractivity (Wildman–Crippen MR) is 69.4 cm³/mol. The number of ether oxygens (including phenoxy) is 1. The molecule has 1 aliphatic rings. The molecule has 16 heavy (non-hydrogen) atoms. The first kappa shape index (κ1) is 12.1. The molecule has 1 saturated heterocycles. The van der Waals surface area contributed by atoms with Crippen LogP contribution in [-0.4, -0.2) is 30.2 Å². The molecule has 2 nitrogen and oxygen atoms in total. The average Bonchev–Trinajstić information content (AvgIpc) is 2.15. The number of hydrogen-bond acceptors (Lipinski definition) is 2. The Kier molecular flexibility index (Phi) is 4.00. The van der Waals surface area contributed by atoms with Crippen molar-refractivity contribution in [1.29, 1.82) is 0 Å². The lowest BCUT2D eigenvalue weighted by molar-refractivity contribution is -0.0704. The minimum absolute atomic E-state index is 0.343. The van der Waals surface area contributed by atoms with Gasteiger partial charge in [0.05, 0.1) is 12.2 Å². The lowest BCUT2D eigenvalue weighted by atomic mass is 10.1. The third kappa shape index (κ3) is 3.30. The van der Waals surface area contributed by atoms with Gasteiger partial charge in [0.1, 0.15) is 0 Å². The van der Waals surface area contributed by atoms with Crippen LogP contribution in [0.5, 0.6) is 0 Å². The van der Waals surface area contributed by atoms with Crippen molar-refractivity contribution in [3.05, 3.63) is 34.3 Å². The molecule has 0 bridgehead atoms. The van der Waals surface area contributed by atoms with Crippen molar-refractivity contribution >= 4 is 15.9 Å². The first-order valence-corrected chi connectivity index (χ1v) is 6.55. The van der Waals surface area contributed by atoms with Gasteiger partial charge in [-0.2, -0.15) is 0 Å². The summed E-state index contributed by atoms with van der Waals surface area (Å²) in [7, 11) is 0. The topological polar surface area (TPSA) is 12.5 Å². The Morgan fingerprint density at radius 1 is 1.31 bits per heavy atom. The summed E-state index contributed by atoms with van der Waals surface area (Å²) in [5, 5.41) is 0. The molecule has 0 saturated carbocycles. The maximum absolute atomic E-state index is 5.73. The smallest absolute Gasteiger partial charge is 0.0678 e. The zero-order valence-corrected chi connectivity index (χ0v) is 11.4. The van der Waals surface area contributed by atoms with Crippen molar-refractivity contribution in [2.24, 2.45) is 0 Å². The standard InChI is InChI=1S/C13H18BrNO/c1-10-7-15(8-11(2)16-10)9-12-4-3-5-13(14)6-12/h3-6,10-11H,7-9H2,1-2H3. The van der Waals surface area contributed by atoms with Gasteiger partial charge in [0, 0.05) is 24.1 Å². The predicted octanol–water partition coefficient (Wildman–Crippen LogP) is 3.06. The molecular formula is C13H18BrNO. The van der Waals surface area contributed by atoms with E-state index in [0.29, 0.717) is 12.2 Å². The van der Waals surface area contributed by atoms with Crippen LogP contribution in [-0.2, 0) is 11.3 Å². The van der Waals surface area contributed by atoms with Crippen LogP contribution in [0.4, 0.5) is 0 Å². The first-order valence-electron chi connectivity index (χ1n) is 5.76. The normalized spacial score (nSPS) is 26.9. The molecule has 1 heterocycles. The van der Waals surface area contributed by atoms with Crippen molar-refractivity contribution < 1.29 is 4.74 Å². The van der Waals surface area contributed by atoms with Crippen molar-refractivity contribution in [2.75, 3.05) is 13.1 Å². The molecule has 1 aromatic rings. The fraction of sp³-hybridized carbons (Fsp3) is 0.538. The van der Waals surface area contributed by atoms with Gasteiger partial charge in [-0.1, -0.05) is 28.1 Å². The zero-order valence-electron chi connectivity index (χ0n) is 9.82. The largest absolute Gasteiger partial charge is 0.373 e. The molecule has 1 aliphatic heterocycles. The minimum atomic E-state index is 0.343. The summed E-state index contributed by atoms with van der Waals surface area (Å²) in [4.78, 5) is 2.46. The third-order valence-corrected chi connectivity index (χ3v) is 3.28. The molecule has 0 spiro atoms. The summed E-state index contributed by atoms with van der Waals surface area (Å²) in [5.74, 6) is 0. The summed E-state index contributed by atoms with van der Waals surface area (Å²) in [6, 6.07) is 8.52. The van der Waals surface area contributed by atoms with Crippen molar-refractivity contribution in [1.82, 2.24) is 4.90 Å². The molecule has 0 aliphatic carbocycles. The Labute approximate surface area is 106 Å². The van der Waals surface area contributed by atoms with E-state index in [9.17, 15) is 0 Å². The quantitative estimate of drug-likeness (QED) is 0.827. The molecule has 3 heteroatoms. The Morgan fingerprint density at radius 2 is 2.00 bits per heavy atom. The van der Waals surface area contributed by atoms with Crippen molar-refractivity contribution in [3.63, 3.8) is 0 Å². The summed E-state index contributed by atoms with van der Waals surface area (Å²) in [6.45, 7) is 7.35. The van der Waals surface area contributed by atoms with E-state index in [1.54, 1.807) is 0 Å². The molecule has 88 valence electrons. The number of rotatable bonds is 2. The van der Waals surface area contributed by atoms with E-state index in [-0.39, 0.29) is 0 Å². The van der Waals surface area contributed by atoms with E-state index >= 15 is 0 Å². The van der Waals surface area contributed by atoms with Gasteiger partial charge in [-0.25, -0.2) is 0 Å². The SMILES string of the molecule is CC1CN(Cc2cccc(Br)c2)CC(C)O1. The van der Waals surface area contributed by atoms with Crippen LogP contribution in [0.2, 0.25) is 0 Å². The van der Waals surface area contributed by atoms with E-state index in [0.717, 1.165) is 24.1 Å². The van der Waals surface area contributed by atoms with Crippen LogP contribution < -0.4 is 0 Å². The van der Waals surface area contributed by atoms with Gasteiger partial charge in [0.15, 0.2) is 0 Å². The number of benzene rings is 1. The fourth-order valence-electron chi connectivity index (χ4n) is 2.31. The Bertz CT molecular complexity index is 346. The third-order valence-electron chi connectivity index (χ3n) is 2.79. The van der Waals surface area contributed by atoms with Crippen LogP contribution in [0.3, 0.4) is 0 Å². The van der Waals surface area contributed by atoms with Crippen molar-refractivity contribution in [3.8, 4) is 0 Å². The maximum Gasteiger partial charge on any atom is 0.0678 e. The van der Waals surface area contributed by atoms with Gasteiger partial charge in [-0.3, -0.25) is 4.90 Å². The number of hydrogen-bond donors (Lipinski definition) is 0. The van der Waals surface area contributed by atoms with Crippen LogP contribution in [0, 0.1) is 0 Å². The molecule has 2 unspecified atom stereocenters. The van der Waals surface area contributed by atoms with E-state index < -0.39 is 0 Å². The fourth-order valence-corrected chi connectivity index (χ4v) is 2.75. The van der Waals surface area contributed by atoms with Gasteiger partial charge in [-0.15, -0.1) is 0 Å². The minimum Gasteiger partial charge on any atom is -0.373 e. The van der Waals surface area contributed by atoms with E-state index in [2.05, 4.69) is 58.9 Å². The Morgan fingerprint density at radius 3 is 2.62 bits per heavy atom. The molecular weight excluding hydrogens is 266 g/mol. The van der Waals surface area contributed by atoms with Gasteiger partial charge >= 0.3 is 0 Å². The second-order valence-corrected chi connectivity index (χ2v) is 5.50. The number of nitrogens with zero attached hydrogens (tertiary/aromatic N) is 1. The molecule has 1 aromatic carbocycles. The van der Waals surface area contributed by atoms with Crippen LogP contribution in [0.15, 0.2) is 28.7 Å². The van der Waals surface area contributed by atoms with E-state index in [1.165, 1.54) is 5.56 Å². The zero-order chi connectivity index (χ0) is 11.5. The lowest BCUT2D eigenvalue weighted by Gasteiger charge is -2.35. The highest BCUT2D eigenvalue weighted by Crippen LogP contribution is 2.17. The summed E-state index contributed by atoms with van der Waals surface area (Å²) in [5.41, 5.74) is 1.36. The molecule has 2 atom stereocenters. The highest BCUT2D eigenvalue weighted by Gasteiger charge is 2.21. The Balaban J connectivity index is 1.98. The summed E-state index contributed by atoms with van der Waals surface area (Å²) in [6.07, 6.45) is 0.687. The Hall–Kier alpha value is -0.380. The monoisotopic (exact) mass is 283 g/mol. The number of morpholine rings is 1. The first-order chi connectivity index (χ1) is 7.63. The summed E-state index contributed by atoms with van der Waals surface area (Å²) >= 11 is 3.51. The molecule has 2 rings (SSSR count). The van der Waals surface area contributed by atoms with Crippen molar-refractivity contribution in [2.45, 2.75) is 32.6 Å². The molecule has 1 fully saturated rings. The van der Waals surface area contributed by atoms with Gasteiger partial charge in [-0.05, 0) is 31.5 Å². The van der Waals surface area contributed by atoms with Gasteiger partial charge in [0.2, 0.25) is 0 Å². The molecule has 0 radical (unpaired) electrons. The average molecular weight is 284 g/mol. The van der Waals surface area contributed by atoms with Crippen LogP contribution in [0.25, 0.3) is 0 Å². The molecule has 0 N–H and O–H groups in total. The summed E-state index contributed by atoms with van der Waals surface area (Å²) < 4.78 is 6.88. The van der Waals surface area contributed by atoms with E-state index in [4.69, 9.17) is 4.74 Å². The maximum atomic E-state index is 5.73. The highest BCUT2D eigenvalue weighted by molar-refractivity contribution is 9.10. The lowest BCUT2D eigenvalue weighted by Crippen LogP contribution is -2.44. The van der Waals surface area contributed by atoms with Gasteiger partial charge in [0.25, 0.3) is 0 Å². The van der Waals surface area contributed by atoms with Gasteiger partial charge < -0.3 is 4.74 Å². The number of halogens is 1. The second-order valence-electron chi connectivity index (χ2n) is 4.58.